The summed E-state index contributed by atoms with van der Waals surface area (Å²) >= 11 is 0. The summed E-state index contributed by atoms with van der Waals surface area (Å²) in [5.74, 6) is 0.672. The third-order valence-corrected chi connectivity index (χ3v) is 3.38. The summed E-state index contributed by atoms with van der Waals surface area (Å²) in [4.78, 5) is 0. The number of hydrogen-bond donors (Lipinski definition) is 2. The Balaban J connectivity index is 2.40. The molecule has 0 saturated carbocycles. The van der Waals surface area contributed by atoms with E-state index in [0.717, 1.165) is 18.4 Å². The molecule has 1 aromatic rings. The fraction of sp³-hybridized carbons (Fsp3) is 0.538. The van der Waals surface area contributed by atoms with E-state index >= 15 is 0 Å². The van der Waals surface area contributed by atoms with Crippen molar-refractivity contribution in [1.29, 1.82) is 0 Å². The topological polar surface area (TPSA) is 46.2 Å². The highest BCUT2D eigenvalue weighted by Crippen LogP contribution is 2.32. The van der Waals surface area contributed by atoms with E-state index in [9.17, 15) is 5.11 Å². The van der Waals surface area contributed by atoms with Crippen LogP contribution in [0.4, 0.5) is 0 Å². The maximum Gasteiger partial charge on any atom is 0.119 e. The molecule has 2 heteroatoms. The standard InChI is InChI=1S/C13H19NO/c1-9(8-14)12-6-10-4-2-3-5-11(10)7-13(12)15/h6-7,9,15H,2-5,8,14H2,1H3. The smallest absolute Gasteiger partial charge is 0.119 e. The van der Waals surface area contributed by atoms with Crippen LogP contribution in [0, 0.1) is 0 Å². The molecule has 2 nitrogen and oxygen atoms in total. The van der Waals surface area contributed by atoms with Gasteiger partial charge in [0.15, 0.2) is 0 Å². The average molecular weight is 205 g/mol. The van der Waals surface area contributed by atoms with Crippen LogP contribution < -0.4 is 5.73 Å². The van der Waals surface area contributed by atoms with Gasteiger partial charge >= 0.3 is 0 Å². The highest BCUT2D eigenvalue weighted by Gasteiger charge is 2.15. The fourth-order valence-electron chi connectivity index (χ4n) is 2.31. The lowest BCUT2D eigenvalue weighted by atomic mass is 9.87. The molecule has 82 valence electrons. The first-order valence-electron chi connectivity index (χ1n) is 5.77. The van der Waals surface area contributed by atoms with Gasteiger partial charge in [-0.3, -0.25) is 0 Å². The van der Waals surface area contributed by atoms with E-state index < -0.39 is 0 Å². The SMILES string of the molecule is CC(CN)c1cc2c(cc1O)CCCC2. The highest BCUT2D eigenvalue weighted by molar-refractivity contribution is 5.44. The molecule has 3 N–H and O–H groups in total. The molecule has 2 rings (SSSR count). The number of phenolic OH excluding ortho intramolecular Hbond substituents is 1. The number of nitrogens with two attached hydrogens (primary N) is 1. The molecule has 0 fully saturated rings. The van der Waals surface area contributed by atoms with Crippen LogP contribution >= 0.6 is 0 Å². The molecule has 0 saturated heterocycles. The number of aryl methyl sites for hydroxylation is 2. The number of hydrogen-bond acceptors (Lipinski definition) is 2. The van der Waals surface area contributed by atoms with E-state index in [1.165, 1.54) is 24.0 Å². The van der Waals surface area contributed by atoms with Gasteiger partial charge in [-0.15, -0.1) is 0 Å². The lowest BCUT2D eigenvalue weighted by Crippen LogP contribution is -2.11. The van der Waals surface area contributed by atoms with Gasteiger partial charge in [0.1, 0.15) is 5.75 Å². The normalized spacial score (nSPS) is 17.2. The molecule has 15 heavy (non-hydrogen) atoms. The summed E-state index contributed by atoms with van der Waals surface area (Å²) in [7, 11) is 0. The number of rotatable bonds is 2. The zero-order chi connectivity index (χ0) is 10.8. The second-order valence-electron chi connectivity index (χ2n) is 4.52. The second kappa shape index (κ2) is 4.23. The molecule has 0 spiro atoms. The number of phenols is 1. The molecule has 0 amide bonds. The Morgan fingerprint density at radius 2 is 1.87 bits per heavy atom. The molecule has 1 unspecified atom stereocenters. The van der Waals surface area contributed by atoms with Crippen molar-refractivity contribution < 1.29 is 5.11 Å². The Bertz CT molecular complexity index is 360. The van der Waals surface area contributed by atoms with E-state index in [1.54, 1.807) is 0 Å². The lowest BCUT2D eigenvalue weighted by molar-refractivity contribution is 0.461. The number of aromatic hydroxyl groups is 1. The minimum Gasteiger partial charge on any atom is -0.508 e. The van der Waals surface area contributed by atoms with E-state index in [2.05, 4.69) is 13.0 Å². The summed E-state index contributed by atoms with van der Waals surface area (Å²) in [6, 6.07) is 4.09. The minimum absolute atomic E-state index is 0.247. The van der Waals surface area contributed by atoms with Gasteiger partial charge in [-0.25, -0.2) is 0 Å². The van der Waals surface area contributed by atoms with Crippen LogP contribution in [0.25, 0.3) is 0 Å². The molecule has 0 radical (unpaired) electrons. The van der Waals surface area contributed by atoms with E-state index in [-0.39, 0.29) is 5.92 Å². The zero-order valence-electron chi connectivity index (χ0n) is 9.29. The maximum absolute atomic E-state index is 9.91. The second-order valence-corrected chi connectivity index (χ2v) is 4.52. The van der Waals surface area contributed by atoms with Gasteiger partial charge in [0.2, 0.25) is 0 Å². The Morgan fingerprint density at radius 1 is 1.27 bits per heavy atom. The van der Waals surface area contributed by atoms with E-state index in [4.69, 9.17) is 5.73 Å². The van der Waals surface area contributed by atoms with Crippen LogP contribution in [0.1, 0.15) is 42.4 Å². The Morgan fingerprint density at radius 3 is 2.47 bits per heavy atom. The van der Waals surface area contributed by atoms with Gasteiger partial charge < -0.3 is 10.8 Å². The molecule has 0 aliphatic heterocycles. The number of benzene rings is 1. The van der Waals surface area contributed by atoms with Crippen molar-refractivity contribution >= 4 is 0 Å². The third kappa shape index (κ3) is 2.00. The first kappa shape index (κ1) is 10.5. The summed E-state index contributed by atoms with van der Waals surface area (Å²) in [5.41, 5.74) is 9.39. The van der Waals surface area contributed by atoms with E-state index in [1.807, 2.05) is 6.07 Å². The van der Waals surface area contributed by atoms with Crippen LogP contribution in [-0.2, 0) is 12.8 Å². The fourth-order valence-corrected chi connectivity index (χ4v) is 2.31. The Hall–Kier alpha value is -1.02. The molecule has 1 aliphatic carbocycles. The monoisotopic (exact) mass is 205 g/mol. The van der Waals surface area contributed by atoms with Gasteiger partial charge in [-0.1, -0.05) is 13.0 Å². The van der Waals surface area contributed by atoms with Crippen LogP contribution in [0.5, 0.6) is 5.75 Å². The van der Waals surface area contributed by atoms with Crippen LogP contribution in [-0.4, -0.2) is 11.7 Å². The van der Waals surface area contributed by atoms with Crippen LogP contribution in [0.15, 0.2) is 12.1 Å². The third-order valence-electron chi connectivity index (χ3n) is 3.38. The zero-order valence-corrected chi connectivity index (χ0v) is 9.29. The van der Waals surface area contributed by atoms with Crippen LogP contribution in [0.3, 0.4) is 0 Å². The first-order valence-corrected chi connectivity index (χ1v) is 5.77. The summed E-state index contributed by atoms with van der Waals surface area (Å²) in [6.07, 6.45) is 4.78. The predicted octanol–water partition coefficient (Wildman–Crippen LogP) is 2.33. The van der Waals surface area contributed by atoms with Crippen molar-refractivity contribution in [3.05, 3.63) is 28.8 Å². The van der Waals surface area contributed by atoms with Crippen molar-refractivity contribution in [3.63, 3.8) is 0 Å². The van der Waals surface area contributed by atoms with Gasteiger partial charge in [0, 0.05) is 0 Å². The number of fused-ring (bicyclic) bond motifs is 1. The predicted molar refractivity (Wildman–Crippen MR) is 62.2 cm³/mol. The minimum atomic E-state index is 0.247. The quantitative estimate of drug-likeness (QED) is 0.778. The van der Waals surface area contributed by atoms with Gasteiger partial charge in [-0.2, -0.15) is 0 Å². The van der Waals surface area contributed by atoms with Crippen molar-refractivity contribution in [1.82, 2.24) is 0 Å². The summed E-state index contributed by atoms with van der Waals surface area (Å²) in [5, 5.41) is 9.91. The molecule has 0 aromatic heterocycles. The Kier molecular flexibility index (Phi) is 2.96. The summed E-state index contributed by atoms with van der Waals surface area (Å²) < 4.78 is 0. The van der Waals surface area contributed by atoms with Gasteiger partial charge in [-0.05, 0) is 60.9 Å². The first-order chi connectivity index (χ1) is 7.22. The molecule has 1 aliphatic rings. The average Bonchev–Trinajstić information content (AvgIpc) is 2.27. The van der Waals surface area contributed by atoms with Crippen molar-refractivity contribution in [2.24, 2.45) is 5.73 Å². The van der Waals surface area contributed by atoms with Crippen molar-refractivity contribution in [2.75, 3.05) is 6.54 Å². The largest absolute Gasteiger partial charge is 0.508 e. The van der Waals surface area contributed by atoms with Gasteiger partial charge in [0.25, 0.3) is 0 Å². The molecular formula is C13H19NO. The molecule has 1 aromatic carbocycles. The van der Waals surface area contributed by atoms with E-state index in [0.29, 0.717) is 12.3 Å². The summed E-state index contributed by atoms with van der Waals surface area (Å²) in [6.45, 7) is 2.65. The molecule has 0 bridgehead atoms. The molecule has 1 atom stereocenters. The Labute approximate surface area is 91.1 Å². The van der Waals surface area contributed by atoms with Crippen LogP contribution in [0.2, 0.25) is 0 Å². The maximum atomic E-state index is 9.91. The van der Waals surface area contributed by atoms with Gasteiger partial charge in [0.05, 0.1) is 0 Å². The van der Waals surface area contributed by atoms with Crippen molar-refractivity contribution in [2.45, 2.75) is 38.5 Å². The highest BCUT2D eigenvalue weighted by atomic mass is 16.3. The molecular weight excluding hydrogens is 186 g/mol. The van der Waals surface area contributed by atoms with Crippen molar-refractivity contribution in [3.8, 4) is 5.75 Å². The molecule has 0 heterocycles. The lowest BCUT2D eigenvalue weighted by Gasteiger charge is -2.20.